The van der Waals surface area contributed by atoms with Gasteiger partial charge in [-0.2, -0.15) is 0 Å². The van der Waals surface area contributed by atoms with Crippen LogP contribution in [0.1, 0.15) is 10.4 Å². The molecule has 0 aliphatic carbocycles. The van der Waals surface area contributed by atoms with E-state index in [1.54, 1.807) is 31.1 Å². The maximum absolute atomic E-state index is 11.6. The summed E-state index contributed by atoms with van der Waals surface area (Å²) in [6.07, 6.45) is 0. The second kappa shape index (κ2) is 3.34. The minimum absolute atomic E-state index is 0.0140. The van der Waals surface area contributed by atoms with Crippen molar-refractivity contribution in [1.29, 1.82) is 0 Å². The topological polar surface area (TPSA) is 46.1 Å². The van der Waals surface area contributed by atoms with E-state index >= 15 is 0 Å². The highest BCUT2D eigenvalue weighted by atomic mass is 32.1. The van der Waals surface area contributed by atoms with Crippen molar-refractivity contribution in [2.75, 3.05) is 14.1 Å². The van der Waals surface area contributed by atoms with Gasteiger partial charge in [0.1, 0.15) is 5.52 Å². The summed E-state index contributed by atoms with van der Waals surface area (Å²) >= 11 is 1.33. The van der Waals surface area contributed by atoms with Crippen LogP contribution in [0.3, 0.4) is 0 Å². The zero-order chi connectivity index (χ0) is 10.1. The largest absolute Gasteiger partial charge is 0.345 e. The van der Waals surface area contributed by atoms with Gasteiger partial charge in [-0.3, -0.25) is 4.79 Å². The number of fused-ring (bicyclic) bond motifs is 1. The lowest BCUT2D eigenvalue weighted by molar-refractivity contribution is 0.0828. The van der Waals surface area contributed by atoms with Crippen molar-refractivity contribution in [2.24, 2.45) is 0 Å². The number of hydrogen-bond acceptors (Lipinski definition) is 4. The maximum atomic E-state index is 11.6. The molecule has 0 saturated heterocycles. The number of carbonyl (C=O) groups excluding carboxylic acids is 1. The van der Waals surface area contributed by atoms with Crippen molar-refractivity contribution in [3.63, 3.8) is 0 Å². The number of nitrogens with zero attached hydrogens (tertiary/aromatic N) is 3. The Kier molecular flexibility index (Phi) is 2.17. The molecule has 0 aliphatic rings. The Morgan fingerprint density at radius 2 is 2.21 bits per heavy atom. The van der Waals surface area contributed by atoms with Crippen LogP contribution in [0.5, 0.6) is 0 Å². The van der Waals surface area contributed by atoms with E-state index in [1.807, 2.05) is 6.07 Å². The highest BCUT2D eigenvalue weighted by Crippen LogP contribution is 2.17. The molecule has 1 aromatic carbocycles. The molecular formula is C9H9N3OS. The summed E-state index contributed by atoms with van der Waals surface area (Å²) in [5, 5.41) is 3.92. The number of amides is 1. The number of rotatable bonds is 1. The Hall–Kier alpha value is -1.49. The molecule has 1 aromatic heterocycles. The Balaban J connectivity index is 2.48. The molecule has 0 spiro atoms. The van der Waals surface area contributed by atoms with Gasteiger partial charge in [-0.1, -0.05) is 4.49 Å². The molecule has 14 heavy (non-hydrogen) atoms. The molecular weight excluding hydrogens is 198 g/mol. The van der Waals surface area contributed by atoms with Gasteiger partial charge < -0.3 is 4.90 Å². The first-order chi connectivity index (χ1) is 6.68. The molecule has 0 radical (unpaired) electrons. The Bertz CT molecular complexity index is 478. The van der Waals surface area contributed by atoms with Crippen molar-refractivity contribution < 1.29 is 4.79 Å². The third-order valence-corrected chi connectivity index (χ3v) is 2.61. The van der Waals surface area contributed by atoms with Gasteiger partial charge in [0.15, 0.2) is 0 Å². The monoisotopic (exact) mass is 207 g/mol. The molecule has 4 nitrogen and oxygen atoms in total. The summed E-state index contributed by atoms with van der Waals surface area (Å²) in [6, 6.07) is 5.43. The van der Waals surface area contributed by atoms with E-state index in [2.05, 4.69) is 9.59 Å². The van der Waals surface area contributed by atoms with E-state index in [0.29, 0.717) is 5.56 Å². The number of hydrogen-bond donors (Lipinski definition) is 0. The van der Waals surface area contributed by atoms with Gasteiger partial charge in [0, 0.05) is 19.7 Å². The van der Waals surface area contributed by atoms with Crippen molar-refractivity contribution in [1.82, 2.24) is 14.5 Å². The molecule has 0 bridgehead atoms. The maximum Gasteiger partial charge on any atom is 0.253 e. The van der Waals surface area contributed by atoms with Gasteiger partial charge in [0.05, 0.1) is 4.70 Å². The van der Waals surface area contributed by atoms with Crippen LogP contribution >= 0.6 is 11.5 Å². The smallest absolute Gasteiger partial charge is 0.253 e. The minimum Gasteiger partial charge on any atom is -0.345 e. The zero-order valence-corrected chi connectivity index (χ0v) is 8.71. The van der Waals surface area contributed by atoms with Crippen LogP contribution in [0.15, 0.2) is 18.2 Å². The average Bonchev–Trinajstić information content (AvgIpc) is 2.62. The van der Waals surface area contributed by atoms with E-state index < -0.39 is 0 Å². The molecule has 0 fully saturated rings. The van der Waals surface area contributed by atoms with Gasteiger partial charge >= 0.3 is 0 Å². The normalized spacial score (nSPS) is 10.4. The highest BCUT2D eigenvalue weighted by molar-refractivity contribution is 7.12. The predicted octanol–water partition coefficient (Wildman–Crippen LogP) is 1.39. The molecule has 0 aliphatic heterocycles. The second-order valence-corrected chi connectivity index (χ2v) is 3.94. The van der Waals surface area contributed by atoms with Gasteiger partial charge in [-0.15, -0.1) is 5.10 Å². The molecule has 1 heterocycles. The Labute approximate surface area is 85.3 Å². The second-order valence-electron chi connectivity index (χ2n) is 3.16. The molecule has 0 atom stereocenters. The molecule has 0 N–H and O–H groups in total. The standard InChI is InChI=1S/C9H9N3OS/c1-12(2)9(13)6-3-4-8-7(5-6)10-11-14-8/h3-5H,1-2H3. The van der Waals surface area contributed by atoms with E-state index in [0.717, 1.165) is 10.2 Å². The Morgan fingerprint density at radius 3 is 2.93 bits per heavy atom. The highest BCUT2D eigenvalue weighted by Gasteiger charge is 2.09. The molecule has 72 valence electrons. The molecule has 2 aromatic rings. The lowest BCUT2D eigenvalue weighted by Gasteiger charge is -2.09. The van der Waals surface area contributed by atoms with Crippen molar-refractivity contribution in [2.45, 2.75) is 0 Å². The van der Waals surface area contributed by atoms with Crippen LogP contribution in [0.25, 0.3) is 10.2 Å². The Morgan fingerprint density at radius 1 is 1.43 bits per heavy atom. The van der Waals surface area contributed by atoms with E-state index in [1.165, 1.54) is 11.5 Å². The van der Waals surface area contributed by atoms with Gasteiger partial charge in [0.25, 0.3) is 5.91 Å². The zero-order valence-electron chi connectivity index (χ0n) is 7.89. The van der Waals surface area contributed by atoms with Crippen molar-refractivity contribution in [3.05, 3.63) is 23.8 Å². The van der Waals surface area contributed by atoms with E-state index in [4.69, 9.17) is 0 Å². The number of carbonyl (C=O) groups is 1. The first-order valence-corrected chi connectivity index (χ1v) is 4.89. The molecule has 1 amide bonds. The van der Waals surface area contributed by atoms with Crippen molar-refractivity contribution >= 4 is 27.7 Å². The van der Waals surface area contributed by atoms with Gasteiger partial charge in [0.2, 0.25) is 0 Å². The number of aromatic nitrogens is 2. The third-order valence-electron chi connectivity index (χ3n) is 1.90. The van der Waals surface area contributed by atoms with Crippen LogP contribution in [0.4, 0.5) is 0 Å². The van der Waals surface area contributed by atoms with Crippen LogP contribution < -0.4 is 0 Å². The molecule has 0 saturated carbocycles. The minimum atomic E-state index is -0.0140. The lowest BCUT2D eigenvalue weighted by atomic mass is 10.2. The first-order valence-electron chi connectivity index (χ1n) is 4.12. The van der Waals surface area contributed by atoms with Crippen LogP contribution in [0, 0.1) is 0 Å². The fraction of sp³-hybridized carbons (Fsp3) is 0.222. The van der Waals surface area contributed by atoms with E-state index in [9.17, 15) is 4.79 Å². The SMILES string of the molecule is CN(C)C(=O)c1ccc2snnc2c1. The summed E-state index contributed by atoms with van der Waals surface area (Å²) in [4.78, 5) is 13.1. The predicted molar refractivity (Wildman–Crippen MR) is 55.4 cm³/mol. The first kappa shape index (κ1) is 9.08. The average molecular weight is 207 g/mol. The summed E-state index contributed by atoms with van der Waals surface area (Å²) in [6.45, 7) is 0. The molecule has 5 heteroatoms. The summed E-state index contributed by atoms with van der Waals surface area (Å²) in [5.41, 5.74) is 1.43. The lowest BCUT2D eigenvalue weighted by Crippen LogP contribution is -2.21. The van der Waals surface area contributed by atoms with E-state index in [-0.39, 0.29) is 5.91 Å². The quantitative estimate of drug-likeness (QED) is 0.710. The summed E-state index contributed by atoms with van der Waals surface area (Å²) in [5.74, 6) is -0.0140. The third kappa shape index (κ3) is 1.46. The number of benzene rings is 1. The van der Waals surface area contributed by atoms with Gasteiger partial charge in [-0.05, 0) is 29.7 Å². The fourth-order valence-electron chi connectivity index (χ4n) is 1.17. The van der Waals surface area contributed by atoms with Crippen LogP contribution in [-0.2, 0) is 0 Å². The molecule has 2 rings (SSSR count). The van der Waals surface area contributed by atoms with Crippen LogP contribution in [-0.4, -0.2) is 34.5 Å². The summed E-state index contributed by atoms with van der Waals surface area (Å²) in [7, 11) is 3.46. The summed E-state index contributed by atoms with van der Waals surface area (Å²) < 4.78 is 4.81. The molecule has 0 unspecified atom stereocenters. The van der Waals surface area contributed by atoms with Crippen molar-refractivity contribution in [3.8, 4) is 0 Å². The van der Waals surface area contributed by atoms with Gasteiger partial charge in [-0.25, -0.2) is 0 Å². The van der Waals surface area contributed by atoms with Crippen LogP contribution in [0.2, 0.25) is 0 Å². The fourth-order valence-corrected chi connectivity index (χ4v) is 1.71.